The molecule has 6 fully saturated rings. The van der Waals surface area contributed by atoms with Crippen molar-refractivity contribution in [1.29, 1.82) is 0 Å². The molecule has 11 nitrogen and oxygen atoms in total. The predicted molar refractivity (Wildman–Crippen MR) is 182 cm³/mol. The van der Waals surface area contributed by atoms with E-state index in [2.05, 4.69) is 4.90 Å². The van der Waals surface area contributed by atoms with Crippen LogP contribution in [0.3, 0.4) is 0 Å². The summed E-state index contributed by atoms with van der Waals surface area (Å²) in [5, 5.41) is 11.4. The Balaban J connectivity index is 0.881. The number of aromatic nitrogens is 1. The van der Waals surface area contributed by atoms with E-state index >= 15 is 0 Å². The van der Waals surface area contributed by atoms with Crippen LogP contribution in [0.25, 0.3) is 10.9 Å². The number of hydrogen-bond donors (Lipinski definition) is 2. The third-order valence-corrected chi connectivity index (χ3v) is 13.2. The number of hydrogen-bond acceptors (Lipinski definition) is 6. The number of ether oxygens (including phenoxy) is 1. The van der Waals surface area contributed by atoms with Gasteiger partial charge in [0, 0.05) is 43.8 Å². The lowest BCUT2D eigenvalue weighted by atomic mass is 9.49. The Kier molecular flexibility index (Phi) is 9.21. The van der Waals surface area contributed by atoms with Crippen LogP contribution < -0.4 is 4.74 Å². The molecule has 1 unspecified atom stereocenters. The fraction of sp³-hybridized carbons (Fsp3) is 0.722. The monoisotopic (exact) mass is 684 g/mol. The van der Waals surface area contributed by atoms with Gasteiger partial charge >= 0.3 is 16.3 Å². The Morgan fingerprint density at radius 1 is 0.917 bits per heavy atom. The molecule has 4 bridgehead atoms. The molecule has 1 aromatic carbocycles. The van der Waals surface area contributed by atoms with Crippen molar-refractivity contribution in [2.24, 2.45) is 35.0 Å². The van der Waals surface area contributed by atoms with Gasteiger partial charge in [0.05, 0.1) is 17.5 Å². The molecule has 4 saturated carbocycles. The molecule has 2 N–H and O–H groups in total. The van der Waals surface area contributed by atoms with Crippen LogP contribution in [-0.4, -0.2) is 100 Å². The number of aliphatic hydroxyl groups is 1. The van der Waals surface area contributed by atoms with E-state index in [4.69, 9.17) is 4.74 Å². The zero-order valence-corrected chi connectivity index (χ0v) is 29.2. The van der Waals surface area contributed by atoms with Gasteiger partial charge in [0.2, 0.25) is 5.91 Å². The van der Waals surface area contributed by atoms with Gasteiger partial charge in [-0.15, -0.1) is 0 Å². The van der Waals surface area contributed by atoms with Crippen molar-refractivity contribution < 1.29 is 32.4 Å². The minimum Gasteiger partial charge on any atom is -0.490 e. The van der Waals surface area contributed by atoms with Crippen LogP contribution in [0.15, 0.2) is 30.5 Å². The first-order valence-electron chi connectivity index (χ1n) is 18.1. The quantitative estimate of drug-likeness (QED) is 0.354. The number of nitrogens with zero attached hydrogens (tertiary/aromatic N) is 4. The number of urea groups is 1. The summed E-state index contributed by atoms with van der Waals surface area (Å²) in [6.45, 7) is 7.05. The summed E-state index contributed by atoms with van der Waals surface area (Å²) in [6.07, 6.45) is 11.8. The highest BCUT2D eigenvalue weighted by molar-refractivity contribution is 7.84. The summed E-state index contributed by atoms with van der Waals surface area (Å²) >= 11 is 0. The van der Waals surface area contributed by atoms with Crippen LogP contribution in [0, 0.1) is 35.0 Å². The van der Waals surface area contributed by atoms with E-state index in [1.807, 2.05) is 18.7 Å². The van der Waals surface area contributed by atoms with Gasteiger partial charge in [-0.3, -0.25) is 9.35 Å². The maximum absolute atomic E-state index is 13.9. The fourth-order valence-electron chi connectivity index (χ4n) is 10.4. The number of carbonyl (C=O) groups is 2. The van der Waals surface area contributed by atoms with E-state index in [0.29, 0.717) is 42.0 Å². The van der Waals surface area contributed by atoms with Crippen LogP contribution in [-0.2, 0) is 15.1 Å². The van der Waals surface area contributed by atoms with Crippen molar-refractivity contribution in [2.45, 2.75) is 90.2 Å². The molecule has 1 aromatic heterocycles. The Hall–Kier alpha value is -2.83. The van der Waals surface area contributed by atoms with Gasteiger partial charge in [0.15, 0.2) is 0 Å². The minimum absolute atomic E-state index is 0.0537. The lowest BCUT2D eigenvalue weighted by Crippen LogP contribution is -2.56. The number of fused-ring (bicyclic) bond motifs is 1. The molecule has 2 saturated heterocycles. The predicted octanol–water partition coefficient (Wildman–Crippen LogP) is 5.03. The molecule has 4 aliphatic carbocycles. The molecule has 8 rings (SSSR count). The molecule has 3 heterocycles. The highest BCUT2D eigenvalue weighted by atomic mass is 32.2. The Morgan fingerprint density at radius 3 is 2.02 bits per heavy atom. The van der Waals surface area contributed by atoms with Crippen LogP contribution in [0.5, 0.6) is 5.75 Å². The Bertz CT molecular complexity index is 1570. The van der Waals surface area contributed by atoms with E-state index in [1.165, 1.54) is 31.5 Å². The van der Waals surface area contributed by atoms with Gasteiger partial charge in [0.25, 0.3) is 0 Å². The standard InChI is InChI=1S/C36H52N4O7S/c1-24(2)39(22-30(41)23-47-33-5-3-4-32-31(33)10-15-40(32)48(44,45)46)35(43)38-13-8-29(9-14-38)28-6-11-37(12-7-28)34(42)36-19-25-16-26(20-36)18-27(17-25)21-36/h3-5,10,15,24-30,41H,6-9,11-14,16-23H2,1-2H3,(H,44,45,46). The number of amides is 3. The van der Waals surface area contributed by atoms with Crippen LogP contribution in [0.1, 0.15) is 78.1 Å². The SMILES string of the molecule is CC(C)N(CC(O)COc1cccc2c1ccn2S(=O)(=O)O)C(=O)N1CCC(C2CCN(C(=O)C34CC5CC(CC(C5)C3)C4)CC2)CC1. The van der Waals surface area contributed by atoms with Crippen molar-refractivity contribution in [1.82, 2.24) is 18.7 Å². The van der Waals surface area contributed by atoms with Crippen LogP contribution in [0.2, 0.25) is 0 Å². The summed E-state index contributed by atoms with van der Waals surface area (Å²) in [5.41, 5.74) is 0.213. The van der Waals surface area contributed by atoms with Gasteiger partial charge in [-0.1, -0.05) is 6.07 Å². The second kappa shape index (κ2) is 13.1. The number of carbonyl (C=O) groups excluding carboxylic acids is 2. The first-order chi connectivity index (χ1) is 22.9. The summed E-state index contributed by atoms with van der Waals surface area (Å²) in [7, 11) is -4.45. The molecule has 0 spiro atoms. The molecule has 2 aromatic rings. The molecule has 2 aliphatic heterocycles. The van der Waals surface area contributed by atoms with Crippen molar-refractivity contribution in [2.75, 3.05) is 39.3 Å². The molecule has 3 amide bonds. The first kappa shape index (κ1) is 33.7. The lowest BCUT2D eigenvalue weighted by Gasteiger charge is -2.57. The topological polar surface area (TPSA) is 133 Å². The number of benzene rings is 1. The lowest BCUT2D eigenvalue weighted by molar-refractivity contribution is -0.159. The zero-order valence-electron chi connectivity index (χ0n) is 28.4. The molecular formula is C36H52N4O7S. The molecule has 12 heteroatoms. The average molecular weight is 685 g/mol. The van der Waals surface area contributed by atoms with Crippen molar-refractivity contribution in [3.63, 3.8) is 0 Å². The Labute approximate surface area is 284 Å². The summed E-state index contributed by atoms with van der Waals surface area (Å²) in [5.74, 6) is 4.36. The van der Waals surface area contributed by atoms with E-state index in [1.54, 1.807) is 23.1 Å². The first-order valence-corrected chi connectivity index (χ1v) is 19.5. The van der Waals surface area contributed by atoms with Crippen LogP contribution in [0.4, 0.5) is 4.79 Å². The molecule has 48 heavy (non-hydrogen) atoms. The largest absolute Gasteiger partial charge is 0.490 e. The molecule has 0 radical (unpaired) electrons. The van der Waals surface area contributed by atoms with Crippen molar-refractivity contribution in [3.05, 3.63) is 30.5 Å². The van der Waals surface area contributed by atoms with E-state index in [-0.39, 0.29) is 36.2 Å². The van der Waals surface area contributed by atoms with Crippen molar-refractivity contribution in [3.8, 4) is 5.75 Å². The highest BCUT2D eigenvalue weighted by Crippen LogP contribution is 2.60. The van der Waals surface area contributed by atoms with Gasteiger partial charge in [-0.25, -0.2) is 8.77 Å². The number of rotatable bonds is 9. The van der Waals surface area contributed by atoms with Gasteiger partial charge in [0.1, 0.15) is 18.5 Å². The molecule has 6 aliphatic rings. The number of likely N-dealkylation sites (tertiary alicyclic amines) is 2. The third-order valence-electron chi connectivity index (χ3n) is 12.4. The second-order valence-electron chi connectivity index (χ2n) is 15.9. The molecule has 1 atom stereocenters. The summed E-state index contributed by atoms with van der Waals surface area (Å²) in [4.78, 5) is 33.3. The van der Waals surface area contributed by atoms with E-state index in [9.17, 15) is 27.7 Å². The smallest absolute Gasteiger partial charge is 0.363 e. The fourth-order valence-corrected chi connectivity index (χ4v) is 11.1. The van der Waals surface area contributed by atoms with Crippen molar-refractivity contribution >= 4 is 33.1 Å². The average Bonchev–Trinajstić information content (AvgIpc) is 3.51. The zero-order chi connectivity index (χ0) is 33.8. The maximum Gasteiger partial charge on any atom is 0.363 e. The summed E-state index contributed by atoms with van der Waals surface area (Å²) < 4.78 is 39.4. The van der Waals surface area contributed by atoms with Crippen LogP contribution >= 0.6 is 0 Å². The summed E-state index contributed by atoms with van der Waals surface area (Å²) in [6, 6.07) is 6.18. The second-order valence-corrected chi connectivity index (χ2v) is 17.2. The maximum atomic E-state index is 13.9. The number of aliphatic hydroxyl groups excluding tert-OH is 1. The molecular weight excluding hydrogens is 632 g/mol. The third kappa shape index (κ3) is 6.56. The van der Waals surface area contributed by atoms with E-state index in [0.717, 1.165) is 79.8 Å². The van der Waals surface area contributed by atoms with E-state index < -0.39 is 16.4 Å². The Morgan fingerprint density at radius 2 is 1.48 bits per heavy atom. The van der Waals surface area contributed by atoms with Gasteiger partial charge in [-0.2, -0.15) is 8.42 Å². The minimum atomic E-state index is -4.45. The normalized spacial score (nSPS) is 28.7. The van der Waals surface area contributed by atoms with Gasteiger partial charge < -0.3 is 24.5 Å². The molecule has 264 valence electrons. The highest BCUT2D eigenvalue weighted by Gasteiger charge is 2.55. The number of piperidine rings is 2. The van der Waals surface area contributed by atoms with Gasteiger partial charge in [-0.05, 0) is 126 Å².